The molecule has 78 valence electrons. The van der Waals surface area contributed by atoms with Crippen molar-refractivity contribution in [2.75, 3.05) is 6.61 Å². The number of fused-ring (bicyclic) bond motifs is 1. The van der Waals surface area contributed by atoms with E-state index >= 15 is 0 Å². The molecule has 4 heteroatoms. The van der Waals surface area contributed by atoms with Gasteiger partial charge in [-0.2, -0.15) is 0 Å². The van der Waals surface area contributed by atoms with Crippen molar-refractivity contribution in [3.8, 4) is 0 Å². The third-order valence-electron chi connectivity index (χ3n) is 2.41. The molecular formula is C11H10O4. The van der Waals surface area contributed by atoms with Crippen molar-refractivity contribution in [3.05, 3.63) is 34.9 Å². The van der Waals surface area contributed by atoms with Crippen LogP contribution in [0, 0.1) is 0 Å². The number of rotatable bonds is 1. The molecule has 1 aliphatic heterocycles. The number of carbonyl (C=O) groups is 2. The number of hydrogen-bond acceptors (Lipinski definition) is 3. The summed E-state index contributed by atoms with van der Waals surface area (Å²) < 4.78 is 4.92. The van der Waals surface area contributed by atoms with E-state index in [4.69, 9.17) is 9.84 Å². The number of carboxylic acids is 1. The van der Waals surface area contributed by atoms with E-state index in [-0.39, 0.29) is 11.1 Å². The van der Waals surface area contributed by atoms with Crippen LogP contribution in [0.15, 0.2) is 18.2 Å². The molecule has 0 spiro atoms. The molecule has 0 amide bonds. The highest BCUT2D eigenvalue weighted by molar-refractivity contribution is 6.03. The molecule has 0 aromatic heterocycles. The molecule has 1 aromatic rings. The largest absolute Gasteiger partial charge is 0.478 e. The predicted molar refractivity (Wildman–Crippen MR) is 52.0 cm³/mol. The predicted octanol–water partition coefficient (Wildman–Crippen LogP) is 1.49. The molecule has 0 unspecified atom stereocenters. The number of aryl methyl sites for hydroxylation is 1. The van der Waals surface area contributed by atoms with E-state index in [1.807, 2.05) is 0 Å². The first-order valence-corrected chi connectivity index (χ1v) is 4.72. The number of cyclic esters (lactones) is 1. The van der Waals surface area contributed by atoms with Gasteiger partial charge in [-0.1, -0.05) is 12.1 Å². The van der Waals surface area contributed by atoms with E-state index in [2.05, 4.69) is 0 Å². The van der Waals surface area contributed by atoms with Crippen LogP contribution in [0.1, 0.15) is 32.7 Å². The first kappa shape index (κ1) is 9.71. The van der Waals surface area contributed by atoms with E-state index in [0.29, 0.717) is 13.0 Å². The Morgan fingerprint density at radius 3 is 2.93 bits per heavy atom. The smallest absolute Gasteiger partial charge is 0.339 e. The van der Waals surface area contributed by atoms with Gasteiger partial charge < -0.3 is 9.84 Å². The van der Waals surface area contributed by atoms with E-state index < -0.39 is 11.9 Å². The Balaban J connectivity index is 2.60. The zero-order valence-electron chi connectivity index (χ0n) is 8.03. The minimum absolute atomic E-state index is 0.0272. The van der Waals surface area contributed by atoms with Crippen LogP contribution in [0.25, 0.3) is 0 Å². The van der Waals surface area contributed by atoms with E-state index in [9.17, 15) is 9.59 Å². The van der Waals surface area contributed by atoms with Crippen LogP contribution in [-0.2, 0) is 11.2 Å². The molecule has 0 bridgehead atoms. The molecule has 0 fully saturated rings. The van der Waals surface area contributed by atoms with Gasteiger partial charge in [0.15, 0.2) is 0 Å². The van der Waals surface area contributed by atoms with Gasteiger partial charge in [0.1, 0.15) is 0 Å². The summed E-state index contributed by atoms with van der Waals surface area (Å²) >= 11 is 0. The SMILES string of the molecule is O=C(O)c1cccc2c1C(=O)OCCC2. The average Bonchev–Trinajstić information content (AvgIpc) is 2.40. The maximum absolute atomic E-state index is 11.5. The lowest BCUT2D eigenvalue weighted by molar-refractivity contribution is 0.0503. The van der Waals surface area contributed by atoms with Crippen molar-refractivity contribution >= 4 is 11.9 Å². The van der Waals surface area contributed by atoms with Crippen LogP contribution in [-0.4, -0.2) is 23.7 Å². The summed E-state index contributed by atoms with van der Waals surface area (Å²) in [4.78, 5) is 22.5. The summed E-state index contributed by atoms with van der Waals surface area (Å²) in [6, 6.07) is 4.85. The van der Waals surface area contributed by atoms with Crippen LogP contribution in [0.5, 0.6) is 0 Å². The Bertz CT molecular complexity index is 423. The molecule has 0 atom stereocenters. The molecule has 1 aliphatic rings. The number of aromatic carboxylic acids is 1. The Morgan fingerprint density at radius 2 is 2.20 bits per heavy atom. The normalized spacial score (nSPS) is 15.1. The van der Waals surface area contributed by atoms with Gasteiger partial charge in [-0.05, 0) is 24.5 Å². The van der Waals surface area contributed by atoms with E-state index in [1.54, 1.807) is 12.1 Å². The maximum Gasteiger partial charge on any atom is 0.339 e. The lowest BCUT2D eigenvalue weighted by Gasteiger charge is -2.06. The lowest BCUT2D eigenvalue weighted by atomic mass is 9.98. The number of carbonyl (C=O) groups excluding carboxylic acids is 1. The highest BCUT2D eigenvalue weighted by Crippen LogP contribution is 2.20. The molecule has 4 nitrogen and oxygen atoms in total. The van der Waals surface area contributed by atoms with E-state index in [0.717, 1.165) is 12.0 Å². The summed E-state index contributed by atoms with van der Waals surface area (Å²) in [5.74, 6) is -1.62. The highest BCUT2D eigenvalue weighted by atomic mass is 16.5. The zero-order chi connectivity index (χ0) is 10.8. The fourth-order valence-corrected chi connectivity index (χ4v) is 1.73. The topological polar surface area (TPSA) is 63.6 Å². The number of hydrogen-bond donors (Lipinski definition) is 1. The first-order valence-electron chi connectivity index (χ1n) is 4.72. The van der Waals surface area contributed by atoms with Crippen LogP contribution in [0.4, 0.5) is 0 Å². The molecule has 1 heterocycles. The van der Waals surface area contributed by atoms with Crippen LogP contribution >= 0.6 is 0 Å². The fraction of sp³-hybridized carbons (Fsp3) is 0.273. The maximum atomic E-state index is 11.5. The Labute approximate surface area is 86.5 Å². The van der Waals surface area contributed by atoms with Crippen LogP contribution in [0.2, 0.25) is 0 Å². The first-order chi connectivity index (χ1) is 7.20. The molecule has 1 aromatic carbocycles. The van der Waals surface area contributed by atoms with Gasteiger partial charge in [-0.3, -0.25) is 0 Å². The van der Waals surface area contributed by atoms with Gasteiger partial charge in [0.25, 0.3) is 0 Å². The van der Waals surface area contributed by atoms with Crippen molar-refractivity contribution in [1.82, 2.24) is 0 Å². The van der Waals surface area contributed by atoms with Gasteiger partial charge in [-0.25, -0.2) is 9.59 Å². The Kier molecular flexibility index (Phi) is 2.41. The molecule has 0 radical (unpaired) electrons. The number of esters is 1. The van der Waals surface area contributed by atoms with Crippen molar-refractivity contribution in [3.63, 3.8) is 0 Å². The third kappa shape index (κ3) is 1.70. The van der Waals surface area contributed by atoms with E-state index in [1.165, 1.54) is 6.07 Å². The summed E-state index contributed by atoms with van der Waals surface area (Å²) in [5.41, 5.74) is 0.999. The second kappa shape index (κ2) is 3.73. The number of benzene rings is 1. The second-order valence-electron chi connectivity index (χ2n) is 3.38. The molecule has 15 heavy (non-hydrogen) atoms. The van der Waals surface area contributed by atoms with Crippen LogP contribution in [0.3, 0.4) is 0 Å². The van der Waals surface area contributed by atoms with Gasteiger partial charge in [0, 0.05) is 0 Å². The lowest BCUT2D eigenvalue weighted by Crippen LogP contribution is -2.12. The van der Waals surface area contributed by atoms with Crippen molar-refractivity contribution in [1.29, 1.82) is 0 Å². The van der Waals surface area contributed by atoms with Crippen LogP contribution < -0.4 is 0 Å². The van der Waals surface area contributed by atoms with Gasteiger partial charge in [-0.15, -0.1) is 0 Å². The van der Waals surface area contributed by atoms with Crippen molar-refractivity contribution < 1.29 is 19.4 Å². The second-order valence-corrected chi connectivity index (χ2v) is 3.38. The summed E-state index contributed by atoms with van der Waals surface area (Å²) in [6.45, 7) is 0.354. The monoisotopic (exact) mass is 206 g/mol. The minimum atomic E-state index is -1.09. The van der Waals surface area contributed by atoms with Gasteiger partial charge in [0.2, 0.25) is 0 Å². The quantitative estimate of drug-likeness (QED) is 0.707. The fourth-order valence-electron chi connectivity index (χ4n) is 1.73. The van der Waals surface area contributed by atoms with Gasteiger partial charge >= 0.3 is 11.9 Å². The molecule has 2 rings (SSSR count). The average molecular weight is 206 g/mol. The van der Waals surface area contributed by atoms with Gasteiger partial charge in [0.05, 0.1) is 17.7 Å². The Hall–Kier alpha value is -1.84. The highest BCUT2D eigenvalue weighted by Gasteiger charge is 2.23. The van der Waals surface area contributed by atoms with Crippen molar-refractivity contribution in [2.24, 2.45) is 0 Å². The molecule has 0 aliphatic carbocycles. The summed E-state index contributed by atoms with van der Waals surface area (Å²) in [7, 11) is 0. The molecule has 1 N–H and O–H groups in total. The summed E-state index contributed by atoms with van der Waals surface area (Å²) in [6.07, 6.45) is 1.42. The molecular weight excluding hydrogens is 196 g/mol. The zero-order valence-corrected chi connectivity index (χ0v) is 8.03. The molecule has 0 saturated heterocycles. The van der Waals surface area contributed by atoms with Crippen molar-refractivity contribution in [2.45, 2.75) is 12.8 Å². The number of ether oxygens (including phenoxy) is 1. The Morgan fingerprint density at radius 1 is 1.40 bits per heavy atom. The molecule has 0 saturated carbocycles. The number of carboxylic acid groups (broad SMARTS) is 1. The third-order valence-corrected chi connectivity index (χ3v) is 2.41. The summed E-state index contributed by atoms with van der Waals surface area (Å²) in [5, 5.41) is 8.94. The standard InChI is InChI=1S/C11H10O4/c12-10(13)8-5-1-3-7-4-2-6-15-11(14)9(7)8/h1,3,5H,2,4,6H2,(H,12,13). The minimum Gasteiger partial charge on any atom is -0.478 e.